The molecule has 0 aliphatic heterocycles. The number of nitrogens with one attached hydrogen (secondary N) is 1. The molecule has 78 valence electrons. The van der Waals surface area contributed by atoms with Crippen LogP contribution < -0.4 is 15.8 Å². The first-order valence-electron chi connectivity index (χ1n) is 4.70. The molecule has 0 aromatic heterocycles. The topological polar surface area (TPSA) is 47.3 Å². The first kappa shape index (κ1) is 10.9. The van der Waals surface area contributed by atoms with E-state index in [1.54, 1.807) is 7.11 Å². The summed E-state index contributed by atoms with van der Waals surface area (Å²) < 4.78 is 5.23. The fraction of sp³-hybridized carbons (Fsp3) is 0.455. The molecule has 1 rings (SSSR count). The van der Waals surface area contributed by atoms with E-state index < -0.39 is 0 Å². The van der Waals surface area contributed by atoms with Crippen molar-refractivity contribution in [2.24, 2.45) is 5.73 Å². The van der Waals surface area contributed by atoms with Gasteiger partial charge in [-0.15, -0.1) is 0 Å². The van der Waals surface area contributed by atoms with Gasteiger partial charge in [-0.2, -0.15) is 0 Å². The van der Waals surface area contributed by atoms with Gasteiger partial charge in [0.2, 0.25) is 0 Å². The molecule has 3 heteroatoms. The first-order chi connectivity index (χ1) is 6.59. The highest BCUT2D eigenvalue weighted by atomic mass is 16.5. The maximum absolute atomic E-state index is 5.64. The summed E-state index contributed by atoms with van der Waals surface area (Å²) in [6, 6.07) is 7.82. The molecule has 0 heterocycles. The fourth-order valence-corrected chi connectivity index (χ4v) is 1.16. The zero-order valence-electron chi connectivity index (χ0n) is 9.00. The highest BCUT2D eigenvalue weighted by molar-refractivity contribution is 5.57. The zero-order valence-corrected chi connectivity index (χ0v) is 9.00. The maximum atomic E-state index is 5.64. The number of anilines is 1. The van der Waals surface area contributed by atoms with E-state index in [0.717, 1.165) is 11.4 Å². The van der Waals surface area contributed by atoms with Crippen molar-refractivity contribution in [3.05, 3.63) is 24.3 Å². The highest BCUT2D eigenvalue weighted by Crippen LogP contribution is 2.25. The zero-order chi connectivity index (χ0) is 10.6. The number of rotatable bonds is 4. The largest absolute Gasteiger partial charge is 0.495 e. The second-order valence-electron chi connectivity index (χ2n) is 3.91. The Morgan fingerprint density at radius 1 is 1.36 bits per heavy atom. The van der Waals surface area contributed by atoms with Gasteiger partial charge < -0.3 is 15.8 Å². The van der Waals surface area contributed by atoms with Crippen LogP contribution in [0.1, 0.15) is 13.8 Å². The number of hydrogen-bond acceptors (Lipinski definition) is 3. The fourth-order valence-electron chi connectivity index (χ4n) is 1.16. The van der Waals surface area contributed by atoms with Crippen molar-refractivity contribution in [1.82, 2.24) is 0 Å². The van der Waals surface area contributed by atoms with E-state index in [1.165, 1.54) is 0 Å². The average molecular weight is 194 g/mol. The van der Waals surface area contributed by atoms with Crippen LogP contribution in [-0.2, 0) is 0 Å². The number of para-hydroxylation sites is 2. The standard InChI is InChI=1S/C11H18N2O/c1-11(2,8-12)13-9-6-4-5-7-10(9)14-3/h4-7,13H,8,12H2,1-3H3. The Bertz CT molecular complexity index is 297. The number of methoxy groups -OCH3 is 1. The summed E-state index contributed by atoms with van der Waals surface area (Å²) in [7, 11) is 1.66. The monoisotopic (exact) mass is 194 g/mol. The van der Waals surface area contributed by atoms with E-state index >= 15 is 0 Å². The van der Waals surface area contributed by atoms with Gasteiger partial charge in [-0.1, -0.05) is 12.1 Å². The van der Waals surface area contributed by atoms with Crippen molar-refractivity contribution >= 4 is 5.69 Å². The van der Waals surface area contributed by atoms with Crippen LogP contribution in [-0.4, -0.2) is 19.2 Å². The van der Waals surface area contributed by atoms with Gasteiger partial charge in [-0.05, 0) is 26.0 Å². The Hall–Kier alpha value is -1.22. The van der Waals surface area contributed by atoms with Crippen molar-refractivity contribution in [1.29, 1.82) is 0 Å². The Labute approximate surface area is 85.3 Å². The Kier molecular flexibility index (Phi) is 3.36. The Morgan fingerprint density at radius 2 is 2.00 bits per heavy atom. The van der Waals surface area contributed by atoms with Crippen LogP contribution in [0.5, 0.6) is 5.75 Å². The number of hydrogen-bond donors (Lipinski definition) is 2. The summed E-state index contributed by atoms with van der Waals surface area (Å²) in [5.74, 6) is 0.842. The Balaban J connectivity index is 2.85. The molecule has 0 bridgehead atoms. The van der Waals surface area contributed by atoms with Gasteiger partial charge in [0.15, 0.2) is 0 Å². The second-order valence-corrected chi connectivity index (χ2v) is 3.91. The van der Waals surface area contributed by atoms with Gasteiger partial charge in [0.05, 0.1) is 12.8 Å². The van der Waals surface area contributed by atoms with E-state index in [9.17, 15) is 0 Å². The quantitative estimate of drug-likeness (QED) is 0.769. The van der Waals surface area contributed by atoms with Gasteiger partial charge in [-0.25, -0.2) is 0 Å². The summed E-state index contributed by atoms with van der Waals surface area (Å²) >= 11 is 0. The van der Waals surface area contributed by atoms with Gasteiger partial charge >= 0.3 is 0 Å². The summed E-state index contributed by atoms with van der Waals surface area (Å²) in [4.78, 5) is 0. The highest BCUT2D eigenvalue weighted by Gasteiger charge is 2.16. The van der Waals surface area contributed by atoms with Crippen molar-refractivity contribution in [2.75, 3.05) is 19.0 Å². The third-order valence-electron chi connectivity index (χ3n) is 2.09. The molecule has 3 nitrogen and oxygen atoms in total. The van der Waals surface area contributed by atoms with E-state index in [4.69, 9.17) is 10.5 Å². The van der Waals surface area contributed by atoms with Crippen molar-refractivity contribution in [3.63, 3.8) is 0 Å². The molecule has 14 heavy (non-hydrogen) atoms. The molecular formula is C11H18N2O. The summed E-state index contributed by atoms with van der Waals surface area (Å²) in [5, 5.41) is 3.34. The van der Waals surface area contributed by atoms with Crippen LogP contribution in [0.2, 0.25) is 0 Å². The van der Waals surface area contributed by atoms with Crippen LogP contribution in [0.25, 0.3) is 0 Å². The molecule has 1 aromatic rings. The summed E-state index contributed by atoms with van der Waals surface area (Å²) in [5.41, 5.74) is 6.50. The van der Waals surface area contributed by atoms with Crippen LogP contribution in [0.3, 0.4) is 0 Å². The van der Waals surface area contributed by atoms with E-state index in [-0.39, 0.29) is 5.54 Å². The lowest BCUT2D eigenvalue weighted by atomic mass is 10.1. The number of ether oxygens (including phenoxy) is 1. The minimum absolute atomic E-state index is 0.116. The number of nitrogens with two attached hydrogens (primary N) is 1. The lowest BCUT2D eigenvalue weighted by Crippen LogP contribution is -2.39. The van der Waals surface area contributed by atoms with Crippen LogP contribution >= 0.6 is 0 Å². The van der Waals surface area contributed by atoms with Crippen molar-refractivity contribution < 1.29 is 4.74 Å². The van der Waals surface area contributed by atoms with Crippen LogP contribution in [0.4, 0.5) is 5.69 Å². The van der Waals surface area contributed by atoms with Crippen molar-refractivity contribution in [2.45, 2.75) is 19.4 Å². The van der Waals surface area contributed by atoms with E-state index in [0.29, 0.717) is 6.54 Å². The van der Waals surface area contributed by atoms with Crippen LogP contribution in [0, 0.1) is 0 Å². The summed E-state index contributed by atoms with van der Waals surface area (Å²) in [6.45, 7) is 4.68. The average Bonchev–Trinajstić information content (AvgIpc) is 2.18. The molecule has 0 spiro atoms. The third-order valence-corrected chi connectivity index (χ3v) is 2.09. The predicted octanol–water partition coefficient (Wildman–Crippen LogP) is 1.84. The lowest BCUT2D eigenvalue weighted by Gasteiger charge is -2.26. The lowest BCUT2D eigenvalue weighted by molar-refractivity contribution is 0.414. The smallest absolute Gasteiger partial charge is 0.141 e. The van der Waals surface area contributed by atoms with E-state index in [1.807, 2.05) is 24.3 Å². The summed E-state index contributed by atoms with van der Waals surface area (Å²) in [6.07, 6.45) is 0. The molecule has 0 saturated heterocycles. The molecule has 0 aliphatic carbocycles. The SMILES string of the molecule is COc1ccccc1NC(C)(C)CN. The van der Waals surface area contributed by atoms with E-state index in [2.05, 4.69) is 19.2 Å². The molecule has 0 amide bonds. The van der Waals surface area contributed by atoms with Gasteiger partial charge in [0, 0.05) is 12.1 Å². The Morgan fingerprint density at radius 3 is 2.57 bits per heavy atom. The third kappa shape index (κ3) is 2.64. The molecule has 3 N–H and O–H groups in total. The molecule has 0 radical (unpaired) electrons. The van der Waals surface area contributed by atoms with Crippen LogP contribution in [0.15, 0.2) is 24.3 Å². The number of benzene rings is 1. The molecule has 0 aliphatic rings. The maximum Gasteiger partial charge on any atom is 0.141 e. The normalized spacial score (nSPS) is 11.1. The molecule has 0 saturated carbocycles. The van der Waals surface area contributed by atoms with Gasteiger partial charge in [0.25, 0.3) is 0 Å². The molecule has 0 atom stereocenters. The minimum atomic E-state index is -0.116. The van der Waals surface area contributed by atoms with Gasteiger partial charge in [-0.3, -0.25) is 0 Å². The van der Waals surface area contributed by atoms with Crippen molar-refractivity contribution in [3.8, 4) is 5.75 Å². The minimum Gasteiger partial charge on any atom is -0.495 e. The molecular weight excluding hydrogens is 176 g/mol. The molecule has 0 unspecified atom stereocenters. The predicted molar refractivity (Wildman–Crippen MR) is 59.8 cm³/mol. The molecule has 1 aromatic carbocycles. The first-order valence-corrected chi connectivity index (χ1v) is 4.70. The second kappa shape index (κ2) is 4.33. The molecule has 0 fully saturated rings. The van der Waals surface area contributed by atoms with Gasteiger partial charge in [0.1, 0.15) is 5.75 Å².